The second kappa shape index (κ2) is 5.45. The molecule has 94 valence electrons. The van der Waals surface area contributed by atoms with Crippen molar-refractivity contribution in [2.24, 2.45) is 5.41 Å². The Balaban J connectivity index is 1.87. The van der Waals surface area contributed by atoms with Crippen molar-refractivity contribution in [1.29, 1.82) is 5.26 Å². The van der Waals surface area contributed by atoms with Gasteiger partial charge in [-0.05, 0) is 42.5 Å². The van der Waals surface area contributed by atoms with Gasteiger partial charge in [0, 0.05) is 10.6 Å². The topological polar surface area (TPSA) is 50.1 Å². The normalized spacial score (nSPS) is 15.8. The van der Waals surface area contributed by atoms with Crippen molar-refractivity contribution in [2.45, 2.75) is 24.2 Å². The van der Waals surface area contributed by atoms with E-state index >= 15 is 0 Å². The first-order valence-corrected chi connectivity index (χ1v) is 6.86. The summed E-state index contributed by atoms with van der Waals surface area (Å²) in [6.07, 6.45) is 2.73. The Hall–Kier alpha value is -1.47. The number of carbonyl (C=O) groups excluding carboxylic acids is 1. The Bertz CT molecular complexity index is 472. The van der Waals surface area contributed by atoms with Crippen LogP contribution in [0.15, 0.2) is 29.2 Å². The fraction of sp³-hybridized carbons (Fsp3) is 0.429. The molecule has 0 amide bonds. The van der Waals surface area contributed by atoms with Gasteiger partial charge in [0.1, 0.15) is 0 Å². The number of thioether (sulfide) groups is 1. The van der Waals surface area contributed by atoms with Crippen LogP contribution in [0, 0.1) is 16.7 Å². The van der Waals surface area contributed by atoms with E-state index in [1.807, 2.05) is 24.3 Å². The van der Waals surface area contributed by atoms with Crippen molar-refractivity contribution >= 4 is 17.7 Å². The van der Waals surface area contributed by atoms with Crippen LogP contribution in [-0.2, 0) is 9.53 Å². The third-order valence-electron chi connectivity index (χ3n) is 3.23. The number of benzene rings is 1. The second-order valence-corrected chi connectivity index (χ2v) is 5.73. The molecule has 0 aromatic heterocycles. The quantitative estimate of drug-likeness (QED) is 0.604. The van der Waals surface area contributed by atoms with Gasteiger partial charge >= 0.3 is 5.97 Å². The Morgan fingerprint density at radius 1 is 1.44 bits per heavy atom. The highest BCUT2D eigenvalue weighted by atomic mass is 32.2. The van der Waals surface area contributed by atoms with Crippen LogP contribution in [-0.4, -0.2) is 18.8 Å². The number of hydrogen-bond acceptors (Lipinski definition) is 4. The van der Waals surface area contributed by atoms with E-state index in [9.17, 15) is 4.79 Å². The van der Waals surface area contributed by atoms with Crippen LogP contribution in [0.5, 0.6) is 0 Å². The molecule has 0 N–H and O–H groups in total. The van der Waals surface area contributed by atoms with Crippen LogP contribution in [0.4, 0.5) is 0 Å². The molecule has 0 saturated heterocycles. The average molecular weight is 261 g/mol. The smallest absolute Gasteiger partial charge is 0.306 e. The molecule has 0 atom stereocenters. The number of carbonyl (C=O) groups is 1. The number of ether oxygens (including phenoxy) is 1. The molecule has 3 nitrogen and oxygen atoms in total. The Morgan fingerprint density at radius 3 is 2.61 bits per heavy atom. The Labute approximate surface area is 111 Å². The summed E-state index contributed by atoms with van der Waals surface area (Å²) in [7, 11) is 1.44. The number of hydrogen-bond donors (Lipinski definition) is 0. The molecule has 18 heavy (non-hydrogen) atoms. The van der Waals surface area contributed by atoms with Crippen molar-refractivity contribution in [3.05, 3.63) is 29.8 Å². The van der Waals surface area contributed by atoms with E-state index < -0.39 is 0 Å². The lowest BCUT2D eigenvalue weighted by atomic mass is 10.1. The maximum atomic E-state index is 11.3. The molecule has 2 rings (SSSR count). The summed E-state index contributed by atoms with van der Waals surface area (Å²) in [5, 5.41) is 8.72. The van der Waals surface area contributed by atoms with Gasteiger partial charge in [0.25, 0.3) is 0 Å². The third-order valence-corrected chi connectivity index (χ3v) is 4.59. The summed E-state index contributed by atoms with van der Waals surface area (Å²) in [4.78, 5) is 12.4. The molecule has 1 aliphatic rings. The molecule has 0 spiro atoms. The minimum atomic E-state index is -0.118. The lowest BCUT2D eigenvalue weighted by Gasteiger charge is -2.12. The van der Waals surface area contributed by atoms with Crippen LogP contribution in [0.1, 0.15) is 24.8 Å². The van der Waals surface area contributed by atoms with E-state index in [4.69, 9.17) is 10.00 Å². The molecule has 1 aliphatic carbocycles. The van der Waals surface area contributed by atoms with Crippen molar-refractivity contribution in [1.82, 2.24) is 0 Å². The van der Waals surface area contributed by atoms with Gasteiger partial charge in [-0.25, -0.2) is 0 Å². The molecular weight excluding hydrogens is 246 g/mol. The van der Waals surface area contributed by atoms with Crippen molar-refractivity contribution in [3.8, 4) is 6.07 Å². The number of rotatable bonds is 5. The first-order valence-electron chi connectivity index (χ1n) is 5.87. The second-order valence-electron chi connectivity index (χ2n) is 4.68. The predicted octanol–water partition coefficient (Wildman–Crippen LogP) is 2.99. The summed E-state index contributed by atoms with van der Waals surface area (Å²) >= 11 is 1.74. The summed E-state index contributed by atoms with van der Waals surface area (Å²) < 4.78 is 4.72. The fourth-order valence-corrected chi connectivity index (χ4v) is 2.98. The first-order chi connectivity index (χ1) is 8.67. The van der Waals surface area contributed by atoms with Crippen LogP contribution in [0.3, 0.4) is 0 Å². The van der Waals surface area contributed by atoms with Gasteiger partial charge in [0.05, 0.1) is 25.2 Å². The number of nitrogens with zero attached hydrogens (tertiary/aromatic N) is 1. The number of esters is 1. The molecule has 1 aromatic rings. The molecular formula is C14H15NO2S. The zero-order valence-corrected chi connectivity index (χ0v) is 11.1. The molecule has 1 saturated carbocycles. The van der Waals surface area contributed by atoms with Crippen molar-refractivity contribution < 1.29 is 9.53 Å². The highest BCUT2D eigenvalue weighted by Crippen LogP contribution is 2.52. The predicted molar refractivity (Wildman–Crippen MR) is 70.2 cm³/mol. The van der Waals surface area contributed by atoms with E-state index in [0.29, 0.717) is 12.0 Å². The van der Waals surface area contributed by atoms with E-state index in [1.165, 1.54) is 7.11 Å². The van der Waals surface area contributed by atoms with E-state index in [-0.39, 0.29) is 11.4 Å². The molecule has 4 heteroatoms. The minimum absolute atomic E-state index is 0.118. The zero-order valence-electron chi connectivity index (χ0n) is 10.3. The highest BCUT2D eigenvalue weighted by Gasteiger charge is 2.44. The molecule has 0 unspecified atom stereocenters. The maximum Gasteiger partial charge on any atom is 0.306 e. The molecule has 1 aromatic carbocycles. The Morgan fingerprint density at radius 2 is 2.11 bits per heavy atom. The minimum Gasteiger partial charge on any atom is -0.469 e. The van der Waals surface area contributed by atoms with Crippen LogP contribution < -0.4 is 0 Å². The Kier molecular flexibility index (Phi) is 3.93. The molecule has 0 aliphatic heterocycles. The van der Waals surface area contributed by atoms with Crippen molar-refractivity contribution in [2.75, 3.05) is 12.9 Å². The largest absolute Gasteiger partial charge is 0.469 e. The monoisotopic (exact) mass is 261 g/mol. The molecule has 1 fully saturated rings. The van der Waals surface area contributed by atoms with Gasteiger partial charge in [-0.15, -0.1) is 11.8 Å². The summed E-state index contributed by atoms with van der Waals surface area (Å²) in [6.45, 7) is 0. The molecule has 0 bridgehead atoms. The number of nitriles is 1. The fourth-order valence-electron chi connectivity index (χ4n) is 1.79. The molecule has 0 heterocycles. The summed E-state index contributed by atoms with van der Waals surface area (Å²) in [5.41, 5.74) is 0.820. The van der Waals surface area contributed by atoms with Gasteiger partial charge in [-0.1, -0.05) is 0 Å². The lowest BCUT2D eigenvalue weighted by Crippen LogP contribution is -2.12. The van der Waals surface area contributed by atoms with E-state index in [1.54, 1.807) is 11.8 Å². The lowest BCUT2D eigenvalue weighted by molar-refractivity contribution is -0.141. The van der Waals surface area contributed by atoms with Gasteiger partial charge in [-0.2, -0.15) is 5.26 Å². The van der Waals surface area contributed by atoms with Gasteiger partial charge in [0.15, 0.2) is 0 Å². The molecule has 0 radical (unpaired) electrons. The zero-order chi connectivity index (χ0) is 13.0. The standard InChI is InChI=1S/C14H15NO2S/c1-17-13(16)8-14(6-7-14)10-18-12-4-2-11(9-15)3-5-12/h2-5H,6-8,10H2,1H3. The van der Waals surface area contributed by atoms with E-state index in [0.717, 1.165) is 23.5 Å². The summed E-state index contributed by atoms with van der Waals surface area (Å²) in [5.74, 6) is 0.821. The van der Waals surface area contributed by atoms with Crippen LogP contribution >= 0.6 is 11.8 Å². The average Bonchev–Trinajstić information content (AvgIpc) is 3.17. The number of methoxy groups -OCH3 is 1. The van der Waals surface area contributed by atoms with Crippen LogP contribution in [0.25, 0.3) is 0 Å². The maximum absolute atomic E-state index is 11.3. The van der Waals surface area contributed by atoms with Gasteiger partial charge < -0.3 is 4.74 Å². The third kappa shape index (κ3) is 3.27. The van der Waals surface area contributed by atoms with Gasteiger partial charge in [0.2, 0.25) is 0 Å². The van der Waals surface area contributed by atoms with Crippen molar-refractivity contribution in [3.63, 3.8) is 0 Å². The first kappa shape index (κ1) is 13.0. The van der Waals surface area contributed by atoms with E-state index in [2.05, 4.69) is 6.07 Å². The SMILES string of the molecule is COC(=O)CC1(CSc2ccc(C#N)cc2)CC1. The van der Waals surface area contributed by atoms with Crippen LogP contribution in [0.2, 0.25) is 0 Å². The summed E-state index contributed by atoms with van der Waals surface area (Å²) in [6, 6.07) is 9.66. The highest BCUT2D eigenvalue weighted by molar-refractivity contribution is 7.99. The van der Waals surface area contributed by atoms with Gasteiger partial charge in [-0.3, -0.25) is 4.79 Å².